The van der Waals surface area contributed by atoms with E-state index in [4.69, 9.17) is 4.74 Å². The molecule has 1 aromatic heterocycles. The average molecular weight is 337 g/mol. The molecule has 0 bridgehead atoms. The summed E-state index contributed by atoms with van der Waals surface area (Å²) in [6, 6.07) is 0. The van der Waals surface area contributed by atoms with Gasteiger partial charge in [0.1, 0.15) is 5.60 Å². The van der Waals surface area contributed by atoms with Gasteiger partial charge in [0.2, 0.25) is 0 Å². The zero-order valence-electron chi connectivity index (χ0n) is 9.87. The molecule has 0 aliphatic heterocycles. The lowest BCUT2D eigenvalue weighted by atomic mass is 10.2. The first-order chi connectivity index (χ1) is 7.29. The lowest BCUT2D eigenvalue weighted by Gasteiger charge is -2.19. The first kappa shape index (κ1) is 13.3. The summed E-state index contributed by atoms with van der Waals surface area (Å²) in [5, 5.41) is 6.78. The maximum atomic E-state index is 11.4. The molecule has 16 heavy (non-hydrogen) atoms. The molecule has 90 valence electrons. The van der Waals surface area contributed by atoms with Crippen molar-refractivity contribution in [2.75, 3.05) is 0 Å². The Morgan fingerprint density at radius 2 is 2.25 bits per heavy atom. The lowest BCUT2D eigenvalue weighted by molar-refractivity contribution is 0.0522. The van der Waals surface area contributed by atoms with Gasteiger partial charge in [0.25, 0.3) is 0 Å². The quantitative estimate of drug-likeness (QED) is 0.841. The highest BCUT2D eigenvalue weighted by atomic mass is 127. The molecule has 1 N–H and O–H groups in total. The number of rotatable bonds is 2. The molecular formula is C10H16IN3O2. The van der Waals surface area contributed by atoms with E-state index in [0.717, 1.165) is 9.26 Å². The molecule has 0 aromatic carbocycles. The van der Waals surface area contributed by atoms with Gasteiger partial charge < -0.3 is 10.1 Å². The van der Waals surface area contributed by atoms with E-state index in [-0.39, 0.29) is 0 Å². The Labute approximate surface area is 109 Å². The molecule has 1 heterocycles. The standard InChI is InChI=1S/C10H16IN3O2/c1-10(2,3)16-9(15)12-6-8-7(11)5-13-14(8)4/h5H,6H2,1-4H3,(H,12,15). The summed E-state index contributed by atoms with van der Waals surface area (Å²) in [7, 11) is 1.84. The number of aromatic nitrogens is 2. The van der Waals surface area contributed by atoms with E-state index < -0.39 is 11.7 Å². The van der Waals surface area contributed by atoms with Crippen molar-refractivity contribution in [3.05, 3.63) is 15.5 Å². The van der Waals surface area contributed by atoms with Crippen LogP contribution in [0.15, 0.2) is 6.20 Å². The molecule has 0 radical (unpaired) electrons. The van der Waals surface area contributed by atoms with E-state index in [1.165, 1.54) is 0 Å². The summed E-state index contributed by atoms with van der Waals surface area (Å²) in [6.07, 6.45) is 1.34. The van der Waals surface area contributed by atoms with E-state index in [2.05, 4.69) is 33.0 Å². The first-order valence-corrected chi connectivity index (χ1v) is 6.00. The molecule has 5 nitrogen and oxygen atoms in total. The monoisotopic (exact) mass is 337 g/mol. The lowest BCUT2D eigenvalue weighted by Crippen LogP contribution is -2.32. The summed E-state index contributed by atoms with van der Waals surface area (Å²) in [5.41, 5.74) is 0.496. The maximum Gasteiger partial charge on any atom is 0.407 e. The Kier molecular flexibility index (Phi) is 4.17. The van der Waals surface area contributed by atoms with Crippen molar-refractivity contribution >= 4 is 28.7 Å². The fraction of sp³-hybridized carbons (Fsp3) is 0.600. The van der Waals surface area contributed by atoms with Gasteiger partial charge in [0.05, 0.1) is 22.0 Å². The second-order valence-corrected chi connectivity index (χ2v) is 5.58. The molecule has 0 aliphatic rings. The maximum absolute atomic E-state index is 11.4. The summed E-state index contributed by atoms with van der Waals surface area (Å²) in [4.78, 5) is 11.4. The predicted molar refractivity (Wildman–Crippen MR) is 69.0 cm³/mol. The highest BCUT2D eigenvalue weighted by Crippen LogP contribution is 2.11. The topological polar surface area (TPSA) is 56.2 Å². The number of alkyl carbamates (subject to hydrolysis) is 1. The Balaban J connectivity index is 2.50. The van der Waals surface area contributed by atoms with Gasteiger partial charge in [-0.1, -0.05) is 0 Å². The average Bonchev–Trinajstić information content (AvgIpc) is 2.41. The molecule has 6 heteroatoms. The molecule has 1 rings (SSSR count). The smallest absolute Gasteiger partial charge is 0.407 e. The van der Waals surface area contributed by atoms with Crippen LogP contribution < -0.4 is 5.32 Å². The van der Waals surface area contributed by atoms with Crippen molar-refractivity contribution in [2.24, 2.45) is 7.05 Å². The van der Waals surface area contributed by atoms with Crippen LogP contribution in [0.4, 0.5) is 4.79 Å². The molecule has 0 saturated heterocycles. The van der Waals surface area contributed by atoms with Crippen molar-refractivity contribution < 1.29 is 9.53 Å². The molecule has 0 unspecified atom stereocenters. The van der Waals surface area contributed by atoms with Gasteiger partial charge in [-0.3, -0.25) is 4.68 Å². The van der Waals surface area contributed by atoms with Gasteiger partial charge in [-0.25, -0.2) is 4.79 Å². The third kappa shape index (κ3) is 3.99. The van der Waals surface area contributed by atoms with Gasteiger partial charge in [-0.05, 0) is 43.4 Å². The summed E-state index contributed by atoms with van der Waals surface area (Å²) >= 11 is 2.18. The molecule has 0 spiro atoms. The van der Waals surface area contributed by atoms with E-state index in [1.54, 1.807) is 10.9 Å². The number of halogens is 1. The molecular weight excluding hydrogens is 321 g/mol. The van der Waals surface area contributed by atoms with Gasteiger partial charge >= 0.3 is 6.09 Å². The van der Waals surface area contributed by atoms with Gasteiger partial charge in [-0.15, -0.1) is 0 Å². The van der Waals surface area contributed by atoms with Crippen LogP contribution in [-0.2, 0) is 18.3 Å². The van der Waals surface area contributed by atoms with Crippen molar-refractivity contribution in [1.82, 2.24) is 15.1 Å². The fourth-order valence-electron chi connectivity index (χ4n) is 1.10. The molecule has 0 atom stereocenters. The number of hydrogen-bond donors (Lipinski definition) is 1. The van der Waals surface area contributed by atoms with Gasteiger partial charge in [0.15, 0.2) is 0 Å². The molecule has 1 aromatic rings. The van der Waals surface area contributed by atoms with E-state index in [0.29, 0.717) is 6.54 Å². The number of carbonyl (C=O) groups is 1. The number of amides is 1. The normalized spacial score (nSPS) is 11.3. The number of nitrogens with one attached hydrogen (secondary N) is 1. The Bertz CT molecular complexity index is 362. The van der Waals surface area contributed by atoms with Crippen LogP contribution in [0.3, 0.4) is 0 Å². The van der Waals surface area contributed by atoms with E-state index >= 15 is 0 Å². The third-order valence-electron chi connectivity index (χ3n) is 1.81. The molecule has 0 saturated carbocycles. The van der Waals surface area contributed by atoms with Gasteiger partial charge in [-0.2, -0.15) is 5.10 Å². The minimum Gasteiger partial charge on any atom is -0.444 e. The largest absolute Gasteiger partial charge is 0.444 e. The fourth-order valence-corrected chi connectivity index (χ4v) is 1.77. The van der Waals surface area contributed by atoms with Crippen LogP contribution >= 0.6 is 22.6 Å². The SMILES string of the molecule is Cn1ncc(I)c1CNC(=O)OC(C)(C)C. The van der Waals surface area contributed by atoms with Crippen molar-refractivity contribution in [1.29, 1.82) is 0 Å². The van der Waals surface area contributed by atoms with Crippen molar-refractivity contribution in [3.8, 4) is 0 Å². The molecule has 0 aliphatic carbocycles. The Morgan fingerprint density at radius 3 is 2.69 bits per heavy atom. The highest BCUT2D eigenvalue weighted by Gasteiger charge is 2.16. The van der Waals surface area contributed by atoms with Crippen LogP contribution in [-0.4, -0.2) is 21.5 Å². The number of ether oxygens (including phenoxy) is 1. The zero-order valence-corrected chi connectivity index (χ0v) is 12.0. The second-order valence-electron chi connectivity index (χ2n) is 4.42. The number of carbonyl (C=O) groups excluding carboxylic acids is 1. The summed E-state index contributed by atoms with van der Waals surface area (Å²) in [6.45, 7) is 5.92. The summed E-state index contributed by atoms with van der Waals surface area (Å²) < 4.78 is 7.89. The van der Waals surface area contributed by atoms with E-state index in [1.807, 2.05) is 27.8 Å². The minimum absolute atomic E-state index is 0.413. The van der Waals surface area contributed by atoms with Crippen LogP contribution in [0, 0.1) is 3.57 Å². The minimum atomic E-state index is -0.469. The Hall–Kier alpha value is -0.790. The first-order valence-electron chi connectivity index (χ1n) is 4.93. The van der Waals surface area contributed by atoms with Crippen LogP contribution in [0.25, 0.3) is 0 Å². The van der Waals surface area contributed by atoms with Gasteiger partial charge in [0, 0.05) is 7.05 Å². The van der Waals surface area contributed by atoms with Crippen LogP contribution in [0.2, 0.25) is 0 Å². The summed E-state index contributed by atoms with van der Waals surface area (Å²) in [5.74, 6) is 0. The highest BCUT2D eigenvalue weighted by molar-refractivity contribution is 14.1. The number of nitrogens with zero attached hydrogens (tertiary/aromatic N) is 2. The van der Waals surface area contributed by atoms with E-state index in [9.17, 15) is 4.79 Å². The number of hydrogen-bond acceptors (Lipinski definition) is 3. The van der Waals surface area contributed by atoms with Crippen LogP contribution in [0.5, 0.6) is 0 Å². The second kappa shape index (κ2) is 5.03. The van der Waals surface area contributed by atoms with Crippen LogP contribution in [0.1, 0.15) is 26.5 Å². The molecule has 1 amide bonds. The zero-order chi connectivity index (χ0) is 12.3. The van der Waals surface area contributed by atoms with Crippen molar-refractivity contribution in [3.63, 3.8) is 0 Å². The van der Waals surface area contributed by atoms with Crippen molar-refractivity contribution in [2.45, 2.75) is 32.9 Å². The molecule has 0 fully saturated rings. The third-order valence-corrected chi connectivity index (χ3v) is 2.71. The Morgan fingerprint density at radius 1 is 1.62 bits per heavy atom. The number of aryl methyl sites for hydroxylation is 1. The predicted octanol–water partition coefficient (Wildman–Crippen LogP) is 2.05.